The van der Waals surface area contributed by atoms with Gasteiger partial charge in [-0.05, 0) is 51.5 Å². The van der Waals surface area contributed by atoms with Crippen molar-refractivity contribution in [3.63, 3.8) is 0 Å². The molecule has 0 spiro atoms. The lowest BCUT2D eigenvalue weighted by Gasteiger charge is -2.20. The van der Waals surface area contributed by atoms with E-state index < -0.39 is 23.7 Å². The maximum Gasteiger partial charge on any atom is 0.408 e. The van der Waals surface area contributed by atoms with Crippen LogP contribution < -0.4 is 5.32 Å². The second kappa shape index (κ2) is 12.9. The number of alkyl carbamates (subject to hydrolysis) is 1. The number of carbonyl (C=O) groups is 3. The summed E-state index contributed by atoms with van der Waals surface area (Å²) in [6, 6.07) is 8.52. The molecule has 1 atom stereocenters. The quantitative estimate of drug-likeness (QED) is 0.324. The Hall–Kier alpha value is -2.57. The van der Waals surface area contributed by atoms with Crippen LogP contribution in [0.25, 0.3) is 0 Å². The average Bonchev–Trinajstić information content (AvgIpc) is 2.66. The molecular weight excluding hydrogens is 386 g/mol. The summed E-state index contributed by atoms with van der Waals surface area (Å²) in [6.45, 7) is 9.51. The number of benzene rings is 1. The molecule has 0 radical (unpaired) electrons. The third-order valence-corrected chi connectivity index (χ3v) is 4.10. The Balaban J connectivity index is 2.27. The lowest BCUT2D eigenvalue weighted by Crippen LogP contribution is -2.45. The van der Waals surface area contributed by atoms with Gasteiger partial charge in [0.05, 0.1) is 6.61 Å². The number of rotatable bonds is 11. The van der Waals surface area contributed by atoms with Crippen LogP contribution in [-0.4, -0.2) is 36.3 Å². The Morgan fingerprint density at radius 3 is 2.23 bits per heavy atom. The van der Waals surface area contributed by atoms with Crippen LogP contribution in [-0.2, 0) is 30.4 Å². The van der Waals surface area contributed by atoms with Gasteiger partial charge in [-0.3, -0.25) is 4.79 Å². The summed E-state index contributed by atoms with van der Waals surface area (Å²) in [4.78, 5) is 36.0. The molecule has 0 aliphatic carbocycles. The van der Waals surface area contributed by atoms with Crippen molar-refractivity contribution in [2.24, 2.45) is 5.92 Å². The summed E-state index contributed by atoms with van der Waals surface area (Å²) < 4.78 is 15.7. The standard InChI is InChI=1S/C23H35NO6/c1-17(2)20(24-22(27)29-16-18-12-8-6-9-13-18)21(26)28-15-11-7-10-14-19(25)30-23(3,4)5/h6,8-9,12-13,17,20H,7,10-11,14-16H2,1-5H3,(H,24,27). The number of esters is 2. The van der Waals surface area contributed by atoms with Gasteiger partial charge in [-0.1, -0.05) is 44.2 Å². The second-order valence-electron chi connectivity index (χ2n) is 8.49. The first-order valence-corrected chi connectivity index (χ1v) is 10.4. The minimum absolute atomic E-state index is 0.129. The maximum absolute atomic E-state index is 12.3. The first kappa shape index (κ1) is 25.5. The second-order valence-corrected chi connectivity index (χ2v) is 8.49. The first-order chi connectivity index (χ1) is 14.1. The average molecular weight is 422 g/mol. The zero-order valence-corrected chi connectivity index (χ0v) is 18.7. The highest BCUT2D eigenvalue weighted by molar-refractivity contribution is 5.81. The van der Waals surface area contributed by atoms with E-state index in [0.29, 0.717) is 19.3 Å². The number of carbonyl (C=O) groups excluding carboxylic acids is 3. The predicted molar refractivity (Wildman–Crippen MR) is 114 cm³/mol. The predicted octanol–water partition coefficient (Wildman–Crippen LogP) is 4.38. The molecule has 30 heavy (non-hydrogen) atoms. The molecule has 0 saturated carbocycles. The molecule has 168 valence electrons. The molecule has 1 N–H and O–H groups in total. The van der Waals surface area contributed by atoms with E-state index >= 15 is 0 Å². The molecule has 7 nitrogen and oxygen atoms in total. The van der Waals surface area contributed by atoms with Crippen LogP contribution in [0.2, 0.25) is 0 Å². The lowest BCUT2D eigenvalue weighted by atomic mass is 10.1. The molecule has 0 heterocycles. The van der Waals surface area contributed by atoms with Gasteiger partial charge in [0, 0.05) is 6.42 Å². The Morgan fingerprint density at radius 2 is 1.63 bits per heavy atom. The summed E-state index contributed by atoms with van der Waals surface area (Å²) in [6.07, 6.45) is 1.73. The van der Waals surface area contributed by atoms with Crippen molar-refractivity contribution in [3.05, 3.63) is 35.9 Å². The normalized spacial score (nSPS) is 12.2. The van der Waals surface area contributed by atoms with E-state index in [1.807, 2.05) is 65.0 Å². The summed E-state index contributed by atoms with van der Waals surface area (Å²) in [5.41, 5.74) is 0.385. The molecule has 1 aromatic carbocycles. The number of unbranched alkanes of at least 4 members (excludes halogenated alkanes) is 2. The Labute approximate surface area is 179 Å². The van der Waals surface area contributed by atoms with Gasteiger partial charge in [0.2, 0.25) is 0 Å². The van der Waals surface area contributed by atoms with Crippen molar-refractivity contribution >= 4 is 18.0 Å². The van der Waals surface area contributed by atoms with Gasteiger partial charge >= 0.3 is 18.0 Å². The third-order valence-electron chi connectivity index (χ3n) is 4.10. The molecule has 0 bridgehead atoms. The van der Waals surface area contributed by atoms with Gasteiger partial charge in [0.1, 0.15) is 18.2 Å². The number of nitrogens with one attached hydrogen (secondary N) is 1. The van der Waals surface area contributed by atoms with E-state index in [1.54, 1.807) is 0 Å². The highest BCUT2D eigenvalue weighted by atomic mass is 16.6. The molecule has 0 saturated heterocycles. The molecule has 1 rings (SSSR count). The Kier molecular flexibility index (Phi) is 10.9. The van der Waals surface area contributed by atoms with Crippen molar-refractivity contribution in [1.82, 2.24) is 5.32 Å². The minimum atomic E-state index is -0.782. The molecular formula is C23H35NO6. The Morgan fingerprint density at radius 1 is 0.967 bits per heavy atom. The molecule has 1 amide bonds. The lowest BCUT2D eigenvalue weighted by molar-refractivity contribution is -0.155. The summed E-state index contributed by atoms with van der Waals surface area (Å²) in [5, 5.41) is 2.58. The molecule has 7 heteroatoms. The molecule has 1 aromatic rings. The van der Waals surface area contributed by atoms with Crippen molar-refractivity contribution in [2.45, 2.75) is 78.6 Å². The van der Waals surface area contributed by atoms with Crippen molar-refractivity contribution in [3.8, 4) is 0 Å². The van der Waals surface area contributed by atoms with Crippen molar-refractivity contribution in [2.75, 3.05) is 6.61 Å². The van der Waals surface area contributed by atoms with Crippen LogP contribution in [0.3, 0.4) is 0 Å². The largest absolute Gasteiger partial charge is 0.464 e. The van der Waals surface area contributed by atoms with Gasteiger partial charge in [-0.15, -0.1) is 0 Å². The topological polar surface area (TPSA) is 90.9 Å². The molecule has 0 fully saturated rings. The highest BCUT2D eigenvalue weighted by Crippen LogP contribution is 2.11. The van der Waals surface area contributed by atoms with Crippen LogP contribution >= 0.6 is 0 Å². The van der Waals surface area contributed by atoms with E-state index in [2.05, 4.69) is 5.32 Å². The third kappa shape index (κ3) is 11.4. The zero-order chi connectivity index (χ0) is 22.6. The summed E-state index contributed by atoms with van der Waals surface area (Å²) in [5.74, 6) is -0.861. The summed E-state index contributed by atoms with van der Waals surface area (Å²) in [7, 11) is 0. The van der Waals surface area contributed by atoms with Gasteiger partial charge in [-0.25, -0.2) is 9.59 Å². The monoisotopic (exact) mass is 421 g/mol. The number of amides is 1. The molecule has 0 aromatic heterocycles. The fourth-order valence-corrected chi connectivity index (χ4v) is 2.59. The van der Waals surface area contributed by atoms with E-state index in [-0.39, 0.29) is 25.1 Å². The SMILES string of the molecule is CC(C)C(NC(=O)OCc1ccccc1)C(=O)OCCCCCC(=O)OC(C)(C)C. The van der Waals surface area contributed by atoms with Gasteiger partial charge in [-0.2, -0.15) is 0 Å². The zero-order valence-electron chi connectivity index (χ0n) is 18.7. The molecule has 1 unspecified atom stereocenters. The minimum Gasteiger partial charge on any atom is -0.464 e. The summed E-state index contributed by atoms with van der Waals surface area (Å²) >= 11 is 0. The number of hydrogen-bond acceptors (Lipinski definition) is 6. The van der Waals surface area contributed by atoms with E-state index in [1.165, 1.54) is 0 Å². The van der Waals surface area contributed by atoms with E-state index in [0.717, 1.165) is 12.0 Å². The number of hydrogen-bond donors (Lipinski definition) is 1. The fraction of sp³-hybridized carbons (Fsp3) is 0.609. The van der Waals surface area contributed by atoms with E-state index in [9.17, 15) is 14.4 Å². The van der Waals surface area contributed by atoms with Crippen molar-refractivity contribution in [1.29, 1.82) is 0 Å². The van der Waals surface area contributed by atoms with Crippen LogP contribution in [0, 0.1) is 5.92 Å². The van der Waals surface area contributed by atoms with E-state index in [4.69, 9.17) is 14.2 Å². The van der Waals surface area contributed by atoms with Crippen molar-refractivity contribution < 1.29 is 28.6 Å². The van der Waals surface area contributed by atoms with Crippen LogP contribution in [0.1, 0.15) is 65.9 Å². The molecule has 0 aliphatic rings. The smallest absolute Gasteiger partial charge is 0.408 e. The van der Waals surface area contributed by atoms with Crippen LogP contribution in [0.5, 0.6) is 0 Å². The fourth-order valence-electron chi connectivity index (χ4n) is 2.59. The Bertz CT molecular complexity index is 666. The van der Waals surface area contributed by atoms with Gasteiger partial charge in [0.15, 0.2) is 0 Å². The maximum atomic E-state index is 12.3. The van der Waals surface area contributed by atoms with Crippen LogP contribution in [0.4, 0.5) is 4.79 Å². The highest BCUT2D eigenvalue weighted by Gasteiger charge is 2.26. The van der Waals surface area contributed by atoms with Gasteiger partial charge in [0.25, 0.3) is 0 Å². The number of ether oxygens (including phenoxy) is 3. The molecule has 0 aliphatic heterocycles. The van der Waals surface area contributed by atoms with Crippen LogP contribution in [0.15, 0.2) is 30.3 Å². The van der Waals surface area contributed by atoms with Gasteiger partial charge < -0.3 is 19.5 Å². The first-order valence-electron chi connectivity index (χ1n) is 10.4.